The van der Waals surface area contributed by atoms with E-state index in [0.29, 0.717) is 32.6 Å². The van der Waals surface area contributed by atoms with Gasteiger partial charge in [0.1, 0.15) is 11.6 Å². The van der Waals surface area contributed by atoms with Crippen molar-refractivity contribution in [1.82, 2.24) is 20.4 Å². The first-order valence-corrected chi connectivity index (χ1v) is 12.5. The second-order valence-electron chi connectivity index (χ2n) is 9.07. The molecular formula is C25H27Cl2N5O5. The number of nitrogens with zero attached hydrogens (tertiary/aromatic N) is 3. The van der Waals surface area contributed by atoms with Crippen LogP contribution < -0.4 is 15.5 Å². The Morgan fingerprint density at radius 1 is 1.03 bits per heavy atom. The number of rotatable bonds is 6. The number of halogens is 2. The molecule has 0 aromatic heterocycles. The maximum absolute atomic E-state index is 13.1. The smallest absolute Gasteiger partial charge is 0.328 e. The van der Waals surface area contributed by atoms with Gasteiger partial charge in [-0.25, -0.2) is 9.59 Å². The zero-order valence-electron chi connectivity index (χ0n) is 20.1. The van der Waals surface area contributed by atoms with Crippen molar-refractivity contribution < 1.29 is 24.3 Å². The molecule has 2 saturated heterocycles. The third kappa shape index (κ3) is 5.30. The lowest BCUT2D eigenvalue weighted by Crippen LogP contribution is -2.59. The first-order chi connectivity index (χ1) is 17.6. The average molecular weight is 548 g/mol. The molecule has 0 aliphatic carbocycles. The number of carbonyl (C=O) groups excluding carboxylic acids is 3. The number of piperidine rings is 1. The van der Waals surface area contributed by atoms with Crippen LogP contribution in [-0.4, -0.2) is 83.7 Å². The van der Waals surface area contributed by atoms with Crippen molar-refractivity contribution in [1.29, 1.82) is 0 Å². The number of likely N-dealkylation sites (N-methyl/N-ethyl adjacent to an activating group) is 1. The lowest BCUT2D eigenvalue weighted by atomic mass is 9.85. The first-order valence-electron chi connectivity index (χ1n) is 11.7. The number of benzene rings is 2. The number of carboxylic acid groups (broad SMARTS) is 1. The number of anilines is 1. The maximum Gasteiger partial charge on any atom is 0.328 e. The van der Waals surface area contributed by atoms with Crippen molar-refractivity contribution in [2.24, 2.45) is 0 Å². The third-order valence-corrected chi connectivity index (χ3v) is 7.44. The molecule has 2 heterocycles. The Kier molecular flexibility index (Phi) is 7.79. The van der Waals surface area contributed by atoms with Crippen LogP contribution in [0.3, 0.4) is 0 Å². The predicted octanol–water partition coefficient (Wildman–Crippen LogP) is 2.66. The molecule has 0 unspecified atom stereocenters. The summed E-state index contributed by atoms with van der Waals surface area (Å²) in [5, 5.41) is 14.7. The summed E-state index contributed by atoms with van der Waals surface area (Å²) in [6, 6.07) is 12.3. The average Bonchev–Trinajstić information content (AvgIpc) is 3.12. The molecular weight excluding hydrogens is 521 g/mol. The van der Waals surface area contributed by atoms with Crippen molar-refractivity contribution in [3.8, 4) is 0 Å². The van der Waals surface area contributed by atoms with Gasteiger partial charge in [-0.1, -0.05) is 47.5 Å². The Morgan fingerprint density at radius 2 is 1.65 bits per heavy atom. The van der Waals surface area contributed by atoms with Crippen LogP contribution in [0.15, 0.2) is 48.5 Å². The summed E-state index contributed by atoms with van der Waals surface area (Å²) in [5.41, 5.74) is 0.161. The minimum Gasteiger partial charge on any atom is -0.480 e. The van der Waals surface area contributed by atoms with Crippen LogP contribution in [0.5, 0.6) is 0 Å². The van der Waals surface area contributed by atoms with Gasteiger partial charge in [0.05, 0.1) is 28.8 Å². The highest BCUT2D eigenvalue weighted by Crippen LogP contribution is 2.38. The fourth-order valence-corrected chi connectivity index (χ4v) is 5.40. The van der Waals surface area contributed by atoms with Crippen molar-refractivity contribution in [3.05, 3.63) is 64.1 Å². The van der Waals surface area contributed by atoms with E-state index < -0.39 is 29.5 Å². The molecule has 2 aliphatic heterocycles. The summed E-state index contributed by atoms with van der Waals surface area (Å²) in [6.45, 7) is 0.744. The number of nitrogens with one attached hydrogen (secondary N) is 2. The topological polar surface area (TPSA) is 122 Å². The Hall–Kier alpha value is -3.50. The van der Waals surface area contributed by atoms with E-state index in [0.717, 1.165) is 5.69 Å². The summed E-state index contributed by atoms with van der Waals surface area (Å²) >= 11 is 12.1. The number of amides is 4. The molecule has 0 radical (unpaired) electrons. The van der Waals surface area contributed by atoms with E-state index in [9.17, 15) is 24.3 Å². The molecule has 2 aliphatic rings. The van der Waals surface area contributed by atoms with Gasteiger partial charge in [-0.05, 0) is 37.1 Å². The number of hydrogen-bond donors (Lipinski definition) is 3. The monoisotopic (exact) mass is 547 g/mol. The fraction of sp³-hybridized carbons (Fsp3) is 0.360. The molecule has 0 saturated carbocycles. The SMILES string of the molecule is CN1CN(c2ccccc2)C2(CCN(C(=O)NC[C@H](NC(=O)c3c(Cl)cccc3Cl)C(=O)O)CC2)C1=O. The van der Waals surface area contributed by atoms with Gasteiger partial charge >= 0.3 is 12.0 Å². The molecule has 2 aromatic rings. The highest BCUT2D eigenvalue weighted by atomic mass is 35.5. The van der Waals surface area contributed by atoms with E-state index in [-0.39, 0.29) is 28.1 Å². The largest absolute Gasteiger partial charge is 0.480 e. The Balaban J connectivity index is 1.37. The number of carbonyl (C=O) groups is 4. The predicted molar refractivity (Wildman–Crippen MR) is 139 cm³/mol. The van der Waals surface area contributed by atoms with Crippen LogP contribution in [0.25, 0.3) is 0 Å². The van der Waals surface area contributed by atoms with E-state index in [1.54, 1.807) is 22.9 Å². The minimum atomic E-state index is -1.40. The lowest BCUT2D eigenvalue weighted by Gasteiger charge is -2.43. The number of para-hydroxylation sites is 1. The van der Waals surface area contributed by atoms with Gasteiger partial charge in [0.2, 0.25) is 5.91 Å². The third-order valence-electron chi connectivity index (χ3n) is 6.81. The van der Waals surface area contributed by atoms with Crippen molar-refractivity contribution in [2.75, 3.05) is 38.3 Å². The number of aliphatic carboxylic acids is 1. The number of likely N-dealkylation sites (tertiary alicyclic amines) is 1. The fourth-order valence-electron chi connectivity index (χ4n) is 4.83. The van der Waals surface area contributed by atoms with Gasteiger partial charge in [0.25, 0.3) is 5.91 Å². The van der Waals surface area contributed by atoms with E-state index in [2.05, 4.69) is 15.5 Å². The number of urea groups is 1. The first kappa shape index (κ1) is 26.6. The quantitative estimate of drug-likeness (QED) is 0.511. The molecule has 2 aromatic carbocycles. The van der Waals surface area contributed by atoms with Crippen molar-refractivity contribution >= 4 is 52.7 Å². The second-order valence-corrected chi connectivity index (χ2v) is 9.89. The van der Waals surface area contributed by atoms with Crippen molar-refractivity contribution in [2.45, 2.75) is 24.4 Å². The van der Waals surface area contributed by atoms with Gasteiger partial charge < -0.3 is 30.4 Å². The van der Waals surface area contributed by atoms with E-state index in [1.165, 1.54) is 12.1 Å². The highest BCUT2D eigenvalue weighted by Gasteiger charge is 2.53. The van der Waals surface area contributed by atoms with Crippen LogP contribution in [0.2, 0.25) is 10.0 Å². The summed E-state index contributed by atoms with van der Waals surface area (Å²) in [6.07, 6.45) is 0.866. The summed E-state index contributed by atoms with van der Waals surface area (Å²) in [7, 11) is 1.77. The standard InChI is InChI=1S/C25H27Cl2N5O5/c1-30-15-32(16-6-3-2-4-7-16)25(23(30)36)10-12-31(13-11-25)24(37)28-14-19(22(34)35)29-21(33)20-17(26)8-5-9-18(20)27/h2-9,19H,10-15H2,1H3,(H,28,37)(H,29,33)(H,34,35)/t19-/m0/s1. The summed E-state index contributed by atoms with van der Waals surface area (Å²) in [5.74, 6) is -2.07. The lowest BCUT2D eigenvalue weighted by molar-refractivity contribution is -0.139. The molecule has 2 fully saturated rings. The molecule has 1 spiro atoms. The normalized spacial score (nSPS) is 17.6. The summed E-state index contributed by atoms with van der Waals surface area (Å²) in [4.78, 5) is 55.6. The van der Waals surface area contributed by atoms with Gasteiger partial charge in [0.15, 0.2) is 0 Å². The number of carboxylic acids is 1. The molecule has 0 bridgehead atoms. The van der Waals surface area contributed by atoms with Gasteiger partial charge in [0, 0.05) is 25.8 Å². The van der Waals surface area contributed by atoms with Gasteiger partial charge in [-0.2, -0.15) is 0 Å². The molecule has 37 heavy (non-hydrogen) atoms. The van der Waals surface area contributed by atoms with Crippen molar-refractivity contribution in [3.63, 3.8) is 0 Å². The molecule has 3 N–H and O–H groups in total. The molecule has 1 atom stereocenters. The summed E-state index contributed by atoms with van der Waals surface area (Å²) < 4.78 is 0. The van der Waals surface area contributed by atoms with Crippen LogP contribution in [-0.2, 0) is 9.59 Å². The molecule has 10 nitrogen and oxygen atoms in total. The highest BCUT2D eigenvalue weighted by molar-refractivity contribution is 6.39. The zero-order valence-corrected chi connectivity index (χ0v) is 21.6. The zero-order chi connectivity index (χ0) is 26.7. The van der Waals surface area contributed by atoms with Crippen LogP contribution in [0, 0.1) is 0 Å². The van der Waals surface area contributed by atoms with E-state index in [4.69, 9.17) is 23.2 Å². The van der Waals surface area contributed by atoms with Crippen LogP contribution in [0.4, 0.5) is 10.5 Å². The van der Waals surface area contributed by atoms with E-state index >= 15 is 0 Å². The van der Waals surface area contributed by atoms with Crippen LogP contribution in [0.1, 0.15) is 23.2 Å². The van der Waals surface area contributed by atoms with Crippen LogP contribution >= 0.6 is 23.2 Å². The molecule has 12 heteroatoms. The Morgan fingerprint density at radius 3 is 2.24 bits per heavy atom. The number of hydrogen-bond acceptors (Lipinski definition) is 5. The minimum absolute atomic E-state index is 0.0169. The molecule has 4 amide bonds. The van der Waals surface area contributed by atoms with E-state index in [1.807, 2.05) is 30.3 Å². The Bertz CT molecular complexity index is 1180. The Labute approximate surface area is 224 Å². The molecule has 196 valence electrons. The maximum atomic E-state index is 13.1. The van der Waals surface area contributed by atoms with Gasteiger partial charge in [-0.3, -0.25) is 9.59 Å². The molecule has 4 rings (SSSR count). The van der Waals surface area contributed by atoms with Gasteiger partial charge in [-0.15, -0.1) is 0 Å². The second kappa shape index (κ2) is 10.9.